The molecule has 0 bridgehead atoms. The molecule has 0 spiro atoms. The lowest BCUT2D eigenvalue weighted by Gasteiger charge is -2.27. The number of imidazole rings is 1. The van der Waals surface area contributed by atoms with Crippen molar-refractivity contribution in [3.63, 3.8) is 0 Å². The molecule has 9 nitrogen and oxygen atoms in total. The van der Waals surface area contributed by atoms with Gasteiger partial charge in [0.15, 0.2) is 0 Å². The molecule has 0 saturated carbocycles. The normalized spacial score (nSPS) is 17.6. The van der Waals surface area contributed by atoms with Gasteiger partial charge in [0.2, 0.25) is 0 Å². The lowest BCUT2D eigenvalue weighted by Crippen LogP contribution is -2.28. The molecule has 3 N–H and O–H groups in total. The SMILES string of the molecule is COc1cccc(Oc2ccc(-c3nc(C4CCC(CO)OC4)n4ccnc(N)c34)c(F)c2)c1C#N. The molecule has 1 aliphatic heterocycles. The fourth-order valence-electron chi connectivity index (χ4n) is 4.47. The highest BCUT2D eigenvalue weighted by Crippen LogP contribution is 2.37. The number of fused-ring (bicyclic) bond motifs is 1. The minimum absolute atomic E-state index is 0.0254. The highest BCUT2D eigenvalue weighted by molar-refractivity contribution is 5.85. The number of nitrogen functional groups attached to an aromatic ring is 1. The zero-order valence-electron chi connectivity index (χ0n) is 19.5. The van der Waals surface area contributed by atoms with E-state index in [0.717, 1.165) is 6.42 Å². The third-order valence-corrected chi connectivity index (χ3v) is 6.29. The van der Waals surface area contributed by atoms with E-state index in [0.29, 0.717) is 35.8 Å². The van der Waals surface area contributed by atoms with Crippen LogP contribution in [-0.2, 0) is 4.74 Å². The number of hydrogen-bond donors (Lipinski definition) is 2. The van der Waals surface area contributed by atoms with Gasteiger partial charge in [-0.1, -0.05) is 6.07 Å². The Labute approximate surface area is 206 Å². The van der Waals surface area contributed by atoms with Crippen LogP contribution in [0.15, 0.2) is 48.8 Å². The second kappa shape index (κ2) is 9.81. The van der Waals surface area contributed by atoms with E-state index in [1.54, 1.807) is 42.7 Å². The van der Waals surface area contributed by atoms with Gasteiger partial charge in [0.25, 0.3) is 0 Å². The number of nitrogens with two attached hydrogens (primary N) is 1. The number of halogens is 1. The van der Waals surface area contributed by atoms with E-state index in [4.69, 9.17) is 24.9 Å². The number of aliphatic hydroxyl groups excluding tert-OH is 1. The Kier molecular flexibility index (Phi) is 6.41. The Balaban J connectivity index is 1.52. The van der Waals surface area contributed by atoms with Crippen molar-refractivity contribution >= 4 is 11.3 Å². The third-order valence-electron chi connectivity index (χ3n) is 6.29. The van der Waals surface area contributed by atoms with Crippen LogP contribution in [0.3, 0.4) is 0 Å². The molecule has 1 aliphatic rings. The average molecular weight is 490 g/mol. The zero-order chi connectivity index (χ0) is 25.2. The largest absolute Gasteiger partial charge is 0.495 e. The average Bonchev–Trinajstić information content (AvgIpc) is 3.29. The highest BCUT2D eigenvalue weighted by atomic mass is 19.1. The number of rotatable bonds is 6. The lowest BCUT2D eigenvalue weighted by atomic mass is 9.98. The summed E-state index contributed by atoms with van der Waals surface area (Å²) in [5.41, 5.74) is 7.52. The second-order valence-electron chi connectivity index (χ2n) is 8.45. The number of methoxy groups -OCH3 is 1. The maximum atomic E-state index is 15.4. The summed E-state index contributed by atoms with van der Waals surface area (Å²) >= 11 is 0. The van der Waals surface area contributed by atoms with Gasteiger partial charge >= 0.3 is 0 Å². The Hall–Kier alpha value is -4.20. The van der Waals surface area contributed by atoms with Gasteiger partial charge in [-0.05, 0) is 37.1 Å². The molecule has 2 unspecified atom stereocenters. The first-order chi connectivity index (χ1) is 17.5. The third kappa shape index (κ3) is 4.19. The van der Waals surface area contributed by atoms with Crippen molar-refractivity contribution in [2.75, 3.05) is 26.1 Å². The van der Waals surface area contributed by atoms with Gasteiger partial charge in [-0.25, -0.2) is 14.4 Å². The summed E-state index contributed by atoms with van der Waals surface area (Å²) in [6.07, 6.45) is 4.60. The summed E-state index contributed by atoms with van der Waals surface area (Å²) in [7, 11) is 1.46. The van der Waals surface area contributed by atoms with E-state index >= 15 is 4.39 Å². The van der Waals surface area contributed by atoms with Crippen LogP contribution in [0.4, 0.5) is 10.2 Å². The number of benzene rings is 2. The molecule has 5 rings (SSSR count). The first-order valence-corrected chi connectivity index (χ1v) is 11.4. The summed E-state index contributed by atoms with van der Waals surface area (Å²) in [6, 6.07) is 11.4. The van der Waals surface area contributed by atoms with E-state index in [1.165, 1.54) is 13.2 Å². The van der Waals surface area contributed by atoms with Crippen molar-refractivity contribution in [1.82, 2.24) is 14.4 Å². The lowest BCUT2D eigenvalue weighted by molar-refractivity contribution is -0.0282. The Bertz CT molecular complexity index is 1460. The number of nitriles is 1. The van der Waals surface area contributed by atoms with Crippen LogP contribution in [0, 0.1) is 17.1 Å². The molecule has 10 heteroatoms. The van der Waals surface area contributed by atoms with Crippen LogP contribution in [0.5, 0.6) is 17.2 Å². The highest BCUT2D eigenvalue weighted by Gasteiger charge is 2.28. The van der Waals surface area contributed by atoms with Gasteiger partial charge in [0.1, 0.15) is 57.6 Å². The minimum atomic E-state index is -0.566. The van der Waals surface area contributed by atoms with Crippen LogP contribution in [0.25, 0.3) is 16.8 Å². The number of anilines is 1. The smallest absolute Gasteiger partial charge is 0.150 e. The molecule has 1 fully saturated rings. The molecule has 2 atom stereocenters. The van der Waals surface area contributed by atoms with Crippen LogP contribution in [0.2, 0.25) is 0 Å². The Morgan fingerprint density at radius 1 is 1.28 bits per heavy atom. The number of aliphatic hydroxyl groups is 1. The van der Waals surface area contributed by atoms with Gasteiger partial charge < -0.3 is 25.1 Å². The van der Waals surface area contributed by atoms with Gasteiger partial charge in [0.05, 0.1) is 26.4 Å². The molecule has 36 heavy (non-hydrogen) atoms. The molecule has 2 aromatic heterocycles. The minimum Gasteiger partial charge on any atom is -0.495 e. The fourth-order valence-corrected chi connectivity index (χ4v) is 4.47. The topological polar surface area (TPSA) is 128 Å². The fraction of sp³-hybridized carbons (Fsp3) is 0.269. The quantitative estimate of drug-likeness (QED) is 0.415. The van der Waals surface area contributed by atoms with Crippen LogP contribution < -0.4 is 15.2 Å². The number of nitrogens with zero attached hydrogens (tertiary/aromatic N) is 4. The Morgan fingerprint density at radius 3 is 2.81 bits per heavy atom. The van der Waals surface area contributed by atoms with E-state index < -0.39 is 5.82 Å². The molecule has 3 heterocycles. The van der Waals surface area contributed by atoms with Crippen LogP contribution in [0.1, 0.15) is 30.1 Å². The maximum Gasteiger partial charge on any atom is 0.150 e. The number of hydrogen-bond acceptors (Lipinski definition) is 8. The summed E-state index contributed by atoms with van der Waals surface area (Å²) < 4.78 is 34.0. The maximum absolute atomic E-state index is 15.4. The predicted octanol–water partition coefficient (Wildman–Crippen LogP) is 4.05. The van der Waals surface area contributed by atoms with Gasteiger partial charge in [-0.15, -0.1) is 0 Å². The van der Waals surface area contributed by atoms with E-state index in [1.807, 2.05) is 4.40 Å². The van der Waals surface area contributed by atoms with E-state index in [9.17, 15) is 10.4 Å². The Morgan fingerprint density at radius 2 is 2.11 bits per heavy atom. The summed E-state index contributed by atoms with van der Waals surface area (Å²) in [4.78, 5) is 8.96. The van der Waals surface area contributed by atoms with E-state index in [-0.39, 0.29) is 47.1 Å². The molecule has 0 amide bonds. The van der Waals surface area contributed by atoms with Crippen molar-refractivity contribution in [2.24, 2.45) is 0 Å². The molecular weight excluding hydrogens is 465 g/mol. The van der Waals surface area contributed by atoms with Gasteiger partial charge in [-0.2, -0.15) is 5.26 Å². The molecule has 1 saturated heterocycles. The van der Waals surface area contributed by atoms with Crippen molar-refractivity contribution in [2.45, 2.75) is 24.9 Å². The standard InChI is InChI=1S/C26H24FN5O4/c1-34-21-3-2-4-22(19(21)12-28)36-16-7-8-18(20(27)11-16)23-24-25(29)30-9-10-32(24)26(31-23)15-5-6-17(13-33)35-14-15/h2-4,7-11,15,17,33H,5-6,13-14H2,1H3,(H2,29,30). The molecule has 184 valence electrons. The van der Waals surface area contributed by atoms with Crippen molar-refractivity contribution in [3.05, 3.63) is 66.0 Å². The van der Waals surface area contributed by atoms with Gasteiger partial charge in [-0.3, -0.25) is 4.40 Å². The van der Waals surface area contributed by atoms with Gasteiger partial charge in [0, 0.05) is 29.9 Å². The van der Waals surface area contributed by atoms with Crippen molar-refractivity contribution in [3.8, 4) is 34.6 Å². The summed E-state index contributed by atoms with van der Waals surface area (Å²) in [5.74, 6) is 1.15. The number of aromatic nitrogens is 3. The zero-order valence-corrected chi connectivity index (χ0v) is 19.5. The number of ether oxygens (including phenoxy) is 3. The first kappa shape index (κ1) is 23.5. The van der Waals surface area contributed by atoms with E-state index in [2.05, 4.69) is 11.1 Å². The summed E-state index contributed by atoms with van der Waals surface area (Å²) in [6.45, 7) is 0.367. The van der Waals surface area contributed by atoms with Crippen molar-refractivity contribution < 1.29 is 23.7 Å². The predicted molar refractivity (Wildman–Crippen MR) is 129 cm³/mol. The molecule has 0 aliphatic carbocycles. The monoisotopic (exact) mass is 489 g/mol. The molecular formula is C26H24FN5O4. The molecule has 4 aromatic rings. The van der Waals surface area contributed by atoms with Crippen molar-refractivity contribution in [1.29, 1.82) is 5.26 Å². The second-order valence-corrected chi connectivity index (χ2v) is 8.45. The van der Waals surface area contributed by atoms with Crippen LogP contribution in [-0.4, -0.2) is 45.9 Å². The van der Waals surface area contributed by atoms with Crippen LogP contribution >= 0.6 is 0 Å². The molecule has 2 aromatic carbocycles. The first-order valence-electron chi connectivity index (χ1n) is 11.4. The molecule has 0 radical (unpaired) electrons. The summed E-state index contributed by atoms with van der Waals surface area (Å²) in [5, 5.41) is 18.9.